The number of nitrogens with zero attached hydrogens (tertiary/aromatic N) is 6. The van der Waals surface area contributed by atoms with Gasteiger partial charge in [-0.3, -0.25) is 4.55 Å². The number of likely N-dealkylation sites (N-methyl/N-ethyl adjacent to an activating group) is 2. The molecule has 2 aromatic carbocycles. The summed E-state index contributed by atoms with van der Waals surface area (Å²) in [6, 6.07) is 19.2. The monoisotopic (exact) mass is 987 g/mol. The first-order valence-electron chi connectivity index (χ1n) is 16.3. The topological polar surface area (TPSA) is 165 Å². The number of rotatable bonds is 9. The van der Waals surface area contributed by atoms with E-state index in [1.54, 1.807) is 24.5 Å². The molecule has 0 aliphatic heterocycles. The van der Waals surface area contributed by atoms with Crippen LogP contribution in [-0.2, 0) is 64.5 Å². The predicted molar refractivity (Wildman–Crippen MR) is 205 cm³/mol. The minimum atomic E-state index is -5.84. The molecule has 0 saturated carbocycles. The minimum absolute atomic E-state index is 0. The summed E-state index contributed by atoms with van der Waals surface area (Å²) < 4.78 is 134. The predicted octanol–water partition coefficient (Wildman–Crippen LogP) is 6.31. The maximum absolute atomic E-state index is 13.5. The van der Waals surface area contributed by atoms with Crippen LogP contribution in [0.15, 0.2) is 118 Å². The van der Waals surface area contributed by atoms with Crippen molar-refractivity contribution in [1.29, 1.82) is 0 Å². The number of hydrogen-bond donors (Lipinski definition) is 1. The molecule has 1 radical (unpaired) electrons. The van der Waals surface area contributed by atoms with Gasteiger partial charge in [0.15, 0.2) is 0 Å². The first kappa shape index (κ1) is 50.4. The van der Waals surface area contributed by atoms with Gasteiger partial charge in [-0.1, -0.05) is 12.1 Å². The molecule has 0 fully saturated rings. The molecule has 0 atom stereocenters. The summed E-state index contributed by atoms with van der Waals surface area (Å²) in [6.45, 7) is 3.40. The Balaban J connectivity index is 0.000000291. The zero-order valence-corrected chi connectivity index (χ0v) is 35.7. The van der Waals surface area contributed by atoms with E-state index in [1.807, 2.05) is 35.8 Å². The Labute approximate surface area is 352 Å². The maximum atomic E-state index is 13.5. The van der Waals surface area contributed by atoms with Gasteiger partial charge in [0.05, 0.1) is 14.7 Å². The van der Waals surface area contributed by atoms with Crippen LogP contribution in [0.4, 0.5) is 22.0 Å². The van der Waals surface area contributed by atoms with Crippen LogP contribution in [0.3, 0.4) is 0 Å². The Morgan fingerprint density at radius 2 is 1.19 bits per heavy atom. The van der Waals surface area contributed by atoms with E-state index in [4.69, 9.17) is 23.7 Å². The van der Waals surface area contributed by atoms with Crippen molar-refractivity contribution in [3.8, 4) is 0 Å². The number of pyridine rings is 2. The van der Waals surface area contributed by atoms with E-state index in [-0.39, 0.29) is 37.1 Å². The molecule has 0 aliphatic rings. The molecular formula is C35H38AgClF5N6O7S3. The number of aromatic nitrogens is 4. The normalized spacial score (nSPS) is 11.9. The van der Waals surface area contributed by atoms with Crippen molar-refractivity contribution in [1.82, 2.24) is 28.9 Å². The van der Waals surface area contributed by atoms with Crippen LogP contribution in [0.25, 0.3) is 22.1 Å². The number of sulfone groups is 1. The van der Waals surface area contributed by atoms with Crippen molar-refractivity contribution in [2.75, 3.05) is 41.3 Å². The van der Waals surface area contributed by atoms with Crippen molar-refractivity contribution in [3.05, 3.63) is 115 Å². The molecule has 0 saturated heterocycles. The number of benzene rings is 2. The van der Waals surface area contributed by atoms with E-state index in [2.05, 4.69) is 51.9 Å². The number of alkyl halides is 3. The summed E-state index contributed by atoms with van der Waals surface area (Å²) in [4.78, 5) is 12.7. The smallest absolute Gasteiger partial charge is 0.331 e. The van der Waals surface area contributed by atoms with Gasteiger partial charge in [-0.05, 0) is 94.9 Å². The van der Waals surface area contributed by atoms with Gasteiger partial charge in [0.2, 0.25) is 9.84 Å². The van der Waals surface area contributed by atoms with Gasteiger partial charge in [-0.25, -0.2) is 35.6 Å². The van der Waals surface area contributed by atoms with Gasteiger partial charge in [0, 0.05) is 94.8 Å². The second-order valence-corrected chi connectivity index (χ2v) is 18.3. The van der Waals surface area contributed by atoms with Crippen LogP contribution in [-0.4, -0.2) is 105 Å². The summed E-state index contributed by atoms with van der Waals surface area (Å²) in [5, 5.41) is 1.76. The molecule has 0 aliphatic carbocycles. The standard InChI is InChI=1S/C17H18FN3O2S.C11H15N3.C6H4ClFO2S.CHF3O3S.Ag/c1-20(2)9-10-21-12-16(15-7-4-8-19-17(15)21)24(22,23)14-6-3-5-13(18)11-14;1-13(2)8-9-14-7-5-10-4-3-6-12-11(10)14;7-11(9,10)6-3-1-2-5(8)4-6;2-1(3,4)8(5,6)7;/h3-8,11-12H,9-10H2,1-2H3;3-7H,8-9H2,1-2H3;1-4H;(H,5,6,7);. The van der Waals surface area contributed by atoms with Crippen molar-refractivity contribution >= 4 is 61.8 Å². The summed E-state index contributed by atoms with van der Waals surface area (Å²) in [5.41, 5.74) is -3.85. The summed E-state index contributed by atoms with van der Waals surface area (Å²) >= 11 is 0. The average Bonchev–Trinajstić information content (AvgIpc) is 3.71. The molecular weight excluding hydrogens is 951 g/mol. The van der Waals surface area contributed by atoms with Crippen LogP contribution in [0.2, 0.25) is 0 Å². The van der Waals surface area contributed by atoms with Crippen molar-refractivity contribution in [3.63, 3.8) is 0 Å². The van der Waals surface area contributed by atoms with Crippen molar-refractivity contribution in [2.45, 2.75) is 33.3 Å². The fourth-order valence-corrected chi connectivity index (χ4v) is 6.95. The Hall–Kier alpha value is -3.77. The third-order valence-electron chi connectivity index (χ3n) is 7.46. The molecule has 58 heavy (non-hydrogen) atoms. The average molecular weight is 989 g/mol. The van der Waals surface area contributed by atoms with Crippen LogP contribution in [0.5, 0.6) is 0 Å². The fraction of sp³-hybridized carbons (Fsp3) is 0.257. The van der Waals surface area contributed by atoms with E-state index in [1.165, 1.54) is 35.7 Å². The largest absolute Gasteiger partial charge is 0.522 e. The Kier molecular flexibility index (Phi) is 18.7. The fourth-order valence-electron chi connectivity index (χ4n) is 4.67. The molecule has 6 aromatic rings. The van der Waals surface area contributed by atoms with Gasteiger partial charge < -0.3 is 18.9 Å². The van der Waals surface area contributed by atoms with Crippen molar-refractivity contribution in [2.24, 2.45) is 0 Å². The molecule has 23 heteroatoms. The third kappa shape index (κ3) is 14.8. The van der Waals surface area contributed by atoms with Gasteiger partial charge in [-0.2, -0.15) is 21.6 Å². The zero-order chi connectivity index (χ0) is 42.8. The molecule has 4 heterocycles. The van der Waals surface area contributed by atoms with Crippen LogP contribution >= 0.6 is 10.7 Å². The summed E-state index contributed by atoms with van der Waals surface area (Å²) in [5.74, 6) is -1.20. The van der Waals surface area contributed by atoms with Crippen LogP contribution < -0.4 is 0 Å². The first-order chi connectivity index (χ1) is 26.4. The molecule has 1 N–H and O–H groups in total. The van der Waals surface area contributed by atoms with Gasteiger partial charge >= 0.3 is 15.6 Å². The minimum Gasteiger partial charge on any atom is -0.331 e. The van der Waals surface area contributed by atoms with E-state index in [9.17, 15) is 38.8 Å². The molecule has 0 amide bonds. The van der Waals surface area contributed by atoms with Gasteiger partial charge in [-0.15, -0.1) is 0 Å². The number of hydrogen-bond acceptors (Lipinski definition) is 10. The van der Waals surface area contributed by atoms with Gasteiger partial charge in [0.25, 0.3) is 9.05 Å². The summed E-state index contributed by atoms with van der Waals surface area (Å²) in [6.07, 6.45) is 7.16. The van der Waals surface area contributed by atoms with Gasteiger partial charge in [0.1, 0.15) is 22.9 Å². The van der Waals surface area contributed by atoms with E-state index in [0.29, 0.717) is 17.6 Å². The molecule has 0 unspecified atom stereocenters. The molecule has 0 bridgehead atoms. The van der Waals surface area contributed by atoms with E-state index < -0.39 is 46.1 Å². The molecule has 13 nitrogen and oxygen atoms in total. The second kappa shape index (κ2) is 21.5. The Morgan fingerprint density at radius 1 is 0.707 bits per heavy atom. The Bertz CT molecular complexity index is 2610. The van der Waals surface area contributed by atoms with Crippen LogP contribution in [0, 0.1) is 11.6 Å². The first-order valence-corrected chi connectivity index (χ1v) is 21.5. The molecule has 4 aromatic heterocycles. The number of halogens is 6. The maximum Gasteiger partial charge on any atom is 0.522 e. The van der Waals surface area contributed by atoms with Crippen molar-refractivity contribution < 1.29 is 74.1 Å². The Morgan fingerprint density at radius 3 is 1.67 bits per heavy atom. The van der Waals surface area contributed by atoms with Crippen LogP contribution in [0.1, 0.15) is 0 Å². The molecule has 6 rings (SSSR count). The van der Waals surface area contributed by atoms with E-state index >= 15 is 0 Å². The summed E-state index contributed by atoms with van der Waals surface area (Å²) in [7, 11) is -0.457. The zero-order valence-electron chi connectivity index (χ0n) is 31.0. The molecule has 321 valence electrons. The number of fused-ring (bicyclic) bond motifs is 2. The second-order valence-electron chi connectivity index (χ2n) is 12.4. The SMILES string of the molecule is CN(C)CCn1cc(S(=O)(=O)c2cccc(F)c2)c2cccnc21.CN(C)CCn1ccc2cccnc21.O=S(=O)(Cl)c1cccc(F)c1.O=S(=O)(O)C(F)(F)F.[Ag]. The molecule has 0 spiro atoms. The quantitative estimate of drug-likeness (QED) is 0.0568. The van der Waals surface area contributed by atoms with E-state index in [0.717, 1.165) is 43.5 Å². The third-order valence-corrected chi connectivity index (χ3v) is 11.2.